The fraction of sp³-hybridized carbons (Fsp3) is 0.471. The Hall–Kier alpha value is -2.42. The SMILES string of the molecule is COc1cc(C)c(CSCC(=O)NNC(=O)C(=O)NC(C)C)cc1OC. The van der Waals surface area contributed by atoms with Crippen molar-refractivity contribution in [2.75, 3.05) is 20.0 Å². The second-order valence-electron chi connectivity index (χ2n) is 5.76. The van der Waals surface area contributed by atoms with Gasteiger partial charge >= 0.3 is 11.8 Å². The van der Waals surface area contributed by atoms with Crippen LogP contribution in [0.5, 0.6) is 11.5 Å². The van der Waals surface area contributed by atoms with Gasteiger partial charge in [0.1, 0.15) is 0 Å². The molecule has 0 aliphatic heterocycles. The lowest BCUT2D eigenvalue weighted by Gasteiger charge is -2.13. The van der Waals surface area contributed by atoms with Crippen LogP contribution in [0.4, 0.5) is 0 Å². The molecule has 0 fully saturated rings. The van der Waals surface area contributed by atoms with Gasteiger partial charge in [-0.05, 0) is 44.0 Å². The Bertz CT molecular complexity index is 664. The van der Waals surface area contributed by atoms with Crippen molar-refractivity contribution in [2.24, 2.45) is 0 Å². The van der Waals surface area contributed by atoms with Crippen molar-refractivity contribution >= 4 is 29.5 Å². The van der Waals surface area contributed by atoms with Crippen LogP contribution >= 0.6 is 11.8 Å². The Morgan fingerprint density at radius 3 is 2.23 bits per heavy atom. The monoisotopic (exact) mass is 383 g/mol. The molecule has 0 spiro atoms. The summed E-state index contributed by atoms with van der Waals surface area (Å²) in [6, 6.07) is 3.59. The first kappa shape index (κ1) is 21.6. The minimum absolute atomic E-state index is 0.125. The normalized spacial score (nSPS) is 10.2. The lowest BCUT2D eigenvalue weighted by molar-refractivity contribution is -0.141. The third-order valence-electron chi connectivity index (χ3n) is 3.27. The minimum Gasteiger partial charge on any atom is -0.493 e. The largest absolute Gasteiger partial charge is 0.493 e. The van der Waals surface area contributed by atoms with E-state index in [1.54, 1.807) is 28.1 Å². The zero-order chi connectivity index (χ0) is 19.7. The number of nitrogens with one attached hydrogen (secondary N) is 3. The molecule has 0 radical (unpaired) electrons. The first-order valence-electron chi connectivity index (χ1n) is 7.97. The number of hydrogen-bond donors (Lipinski definition) is 3. The predicted octanol–water partition coefficient (Wildman–Crippen LogP) is 0.917. The fourth-order valence-electron chi connectivity index (χ4n) is 1.98. The molecule has 26 heavy (non-hydrogen) atoms. The maximum atomic E-state index is 11.8. The molecule has 1 aromatic carbocycles. The van der Waals surface area contributed by atoms with Crippen molar-refractivity contribution in [1.29, 1.82) is 0 Å². The van der Waals surface area contributed by atoms with E-state index in [2.05, 4.69) is 16.2 Å². The Labute approximate surface area is 157 Å². The van der Waals surface area contributed by atoms with Crippen LogP contribution in [0.15, 0.2) is 12.1 Å². The molecule has 0 saturated carbocycles. The fourth-order valence-corrected chi connectivity index (χ4v) is 2.87. The zero-order valence-electron chi connectivity index (χ0n) is 15.6. The van der Waals surface area contributed by atoms with Crippen LogP contribution in [0.1, 0.15) is 25.0 Å². The van der Waals surface area contributed by atoms with Gasteiger partial charge < -0.3 is 14.8 Å². The van der Waals surface area contributed by atoms with Gasteiger partial charge in [0.2, 0.25) is 5.91 Å². The number of thioether (sulfide) groups is 1. The smallest absolute Gasteiger partial charge is 0.327 e. The van der Waals surface area contributed by atoms with Crippen LogP contribution in [-0.2, 0) is 20.1 Å². The highest BCUT2D eigenvalue weighted by Crippen LogP contribution is 2.31. The van der Waals surface area contributed by atoms with E-state index < -0.39 is 17.7 Å². The molecule has 0 aliphatic rings. The molecule has 1 aromatic rings. The molecule has 9 heteroatoms. The number of methoxy groups -OCH3 is 2. The van der Waals surface area contributed by atoms with Crippen molar-refractivity contribution in [3.8, 4) is 11.5 Å². The predicted molar refractivity (Wildman–Crippen MR) is 100 cm³/mol. The van der Waals surface area contributed by atoms with Crippen molar-refractivity contribution in [2.45, 2.75) is 32.6 Å². The highest BCUT2D eigenvalue weighted by atomic mass is 32.2. The molecule has 3 N–H and O–H groups in total. The topological polar surface area (TPSA) is 106 Å². The van der Waals surface area contributed by atoms with Gasteiger partial charge in [-0.1, -0.05) is 0 Å². The van der Waals surface area contributed by atoms with Crippen LogP contribution < -0.4 is 25.6 Å². The summed E-state index contributed by atoms with van der Waals surface area (Å²) >= 11 is 1.37. The van der Waals surface area contributed by atoms with E-state index in [0.29, 0.717) is 17.3 Å². The summed E-state index contributed by atoms with van der Waals surface area (Å²) in [6.07, 6.45) is 0. The second kappa shape index (κ2) is 10.5. The maximum Gasteiger partial charge on any atom is 0.327 e. The number of aryl methyl sites for hydroxylation is 1. The number of ether oxygens (including phenoxy) is 2. The maximum absolute atomic E-state index is 11.8. The van der Waals surface area contributed by atoms with Gasteiger partial charge in [-0.15, -0.1) is 11.8 Å². The number of amides is 3. The number of benzene rings is 1. The van der Waals surface area contributed by atoms with Crippen molar-refractivity contribution < 1.29 is 23.9 Å². The van der Waals surface area contributed by atoms with Gasteiger partial charge in [0, 0.05) is 11.8 Å². The molecule has 0 aliphatic carbocycles. The summed E-state index contributed by atoms with van der Waals surface area (Å²) in [5.74, 6) is -0.123. The van der Waals surface area contributed by atoms with Gasteiger partial charge in [-0.2, -0.15) is 0 Å². The molecule has 144 valence electrons. The van der Waals surface area contributed by atoms with Crippen LogP contribution in [-0.4, -0.2) is 43.7 Å². The van der Waals surface area contributed by atoms with Crippen LogP contribution in [0.25, 0.3) is 0 Å². The standard InChI is InChI=1S/C17H25N3O5S/c1-10(2)18-16(22)17(23)20-19-15(21)9-26-8-12-7-14(25-5)13(24-4)6-11(12)3/h6-7,10H,8-9H2,1-5H3,(H,18,22)(H,19,21)(H,20,23). The Balaban J connectivity index is 2.45. The lowest BCUT2D eigenvalue weighted by Crippen LogP contribution is -2.50. The molecule has 0 aromatic heterocycles. The number of hydrogen-bond acceptors (Lipinski definition) is 6. The van der Waals surface area contributed by atoms with Crippen LogP contribution in [0.3, 0.4) is 0 Å². The molecule has 0 saturated heterocycles. The average Bonchev–Trinajstić information content (AvgIpc) is 2.59. The van der Waals surface area contributed by atoms with Crippen molar-refractivity contribution in [1.82, 2.24) is 16.2 Å². The molecule has 3 amide bonds. The van der Waals surface area contributed by atoms with E-state index in [-0.39, 0.29) is 11.8 Å². The zero-order valence-corrected chi connectivity index (χ0v) is 16.4. The Kier molecular flexibility index (Phi) is 8.77. The molecular weight excluding hydrogens is 358 g/mol. The summed E-state index contributed by atoms with van der Waals surface area (Å²) in [7, 11) is 3.14. The first-order valence-corrected chi connectivity index (χ1v) is 9.12. The summed E-state index contributed by atoms with van der Waals surface area (Å²) in [4.78, 5) is 34.7. The second-order valence-corrected chi connectivity index (χ2v) is 6.74. The molecule has 0 atom stereocenters. The van der Waals surface area contributed by atoms with E-state index in [9.17, 15) is 14.4 Å². The average molecular weight is 383 g/mol. The number of carbonyl (C=O) groups is 3. The molecule has 1 rings (SSSR count). The summed E-state index contributed by atoms with van der Waals surface area (Å²) < 4.78 is 10.5. The Morgan fingerprint density at radius 2 is 1.65 bits per heavy atom. The minimum atomic E-state index is -0.909. The molecule has 0 bridgehead atoms. The molecule has 0 unspecified atom stereocenters. The molecular formula is C17H25N3O5S. The van der Waals surface area contributed by atoms with Gasteiger partial charge in [0.25, 0.3) is 0 Å². The Morgan fingerprint density at radius 1 is 1.04 bits per heavy atom. The van der Waals surface area contributed by atoms with Gasteiger partial charge in [-0.3, -0.25) is 25.2 Å². The molecule has 0 heterocycles. The summed E-state index contributed by atoms with van der Waals surface area (Å²) in [6.45, 7) is 5.42. The number of carbonyl (C=O) groups excluding carboxylic acids is 3. The number of rotatable bonds is 7. The summed E-state index contributed by atoms with van der Waals surface area (Å²) in [5, 5.41) is 2.43. The first-order chi connectivity index (χ1) is 12.3. The van der Waals surface area contributed by atoms with Crippen LogP contribution in [0.2, 0.25) is 0 Å². The lowest BCUT2D eigenvalue weighted by atomic mass is 10.1. The van der Waals surface area contributed by atoms with Gasteiger partial charge in [-0.25, -0.2) is 0 Å². The third-order valence-corrected chi connectivity index (χ3v) is 4.26. The van der Waals surface area contributed by atoms with E-state index >= 15 is 0 Å². The van der Waals surface area contributed by atoms with Crippen molar-refractivity contribution in [3.05, 3.63) is 23.3 Å². The van der Waals surface area contributed by atoms with E-state index in [1.165, 1.54) is 11.8 Å². The van der Waals surface area contributed by atoms with Crippen LogP contribution in [0, 0.1) is 6.92 Å². The van der Waals surface area contributed by atoms with Gasteiger partial charge in [0.05, 0.1) is 20.0 Å². The van der Waals surface area contributed by atoms with E-state index in [1.807, 2.05) is 19.1 Å². The van der Waals surface area contributed by atoms with Crippen molar-refractivity contribution in [3.63, 3.8) is 0 Å². The highest BCUT2D eigenvalue weighted by Gasteiger charge is 2.15. The number of hydrazine groups is 1. The van der Waals surface area contributed by atoms with E-state index in [0.717, 1.165) is 11.1 Å². The molecule has 8 nitrogen and oxygen atoms in total. The third kappa shape index (κ3) is 6.83. The van der Waals surface area contributed by atoms with E-state index in [4.69, 9.17) is 9.47 Å². The summed E-state index contributed by atoms with van der Waals surface area (Å²) in [5.41, 5.74) is 6.33. The van der Waals surface area contributed by atoms with Gasteiger partial charge in [0.15, 0.2) is 11.5 Å². The quantitative estimate of drug-likeness (QED) is 0.478. The highest BCUT2D eigenvalue weighted by molar-refractivity contribution is 7.99.